The SMILES string of the molecule is C#Cc1c(-c2ccccc2)ccc2c1C(c1ccc(Oc3ccc(N)c(O)c3)cc1)(c1ccc(Oc3ccc(N)c(O)c3)cc1)c1cc(-c3ccccc3)ccc1-2. The molecule has 0 unspecified atom stereocenters. The molecule has 57 heavy (non-hydrogen) atoms. The highest BCUT2D eigenvalue weighted by Crippen LogP contribution is 2.59. The van der Waals surface area contributed by atoms with Crippen molar-refractivity contribution in [2.24, 2.45) is 0 Å². The first-order chi connectivity index (χ1) is 27.8. The summed E-state index contributed by atoms with van der Waals surface area (Å²) < 4.78 is 12.4. The van der Waals surface area contributed by atoms with Crippen LogP contribution in [0.15, 0.2) is 176 Å². The molecule has 0 saturated heterocycles. The Morgan fingerprint density at radius 1 is 0.456 bits per heavy atom. The lowest BCUT2D eigenvalue weighted by Gasteiger charge is -2.35. The van der Waals surface area contributed by atoms with Crippen molar-refractivity contribution in [1.82, 2.24) is 0 Å². The number of nitrogens with two attached hydrogens (primary N) is 2. The normalized spacial score (nSPS) is 12.3. The van der Waals surface area contributed by atoms with Crippen LogP contribution in [0.5, 0.6) is 34.5 Å². The summed E-state index contributed by atoms with van der Waals surface area (Å²) in [6.07, 6.45) is 6.61. The summed E-state index contributed by atoms with van der Waals surface area (Å²) in [5.41, 5.74) is 22.5. The van der Waals surface area contributed by atoms with Gasteiger partial charge in [-0.1, -0.05) is 115 Å². The zero-order valence-electron chi connectivity index (χ0n) is 30.7. The monoisotopic (exact) mass is 740 g/mol. The lowest BCUT2D eigenvalue weighted by Crippen LogP contribution is -2.29. The zero-order valence-corrected chi connectivity index (χ0v) is 30.7. The van der Waals surface area contributed by atoms with E-state index >= 15 is 0 Å². The molecular weight excluding hydrogens is 705 g/mol. The third-order valence-corrected chi connectivity index (χ3v) is 10.7. The van der Waals surface area contributed by atoms with E-state index in [9.17, 15) is 10.2 Å². The molecule has 6 nitrogen and oxygen atoms in total. The number of benzene rings is 8. The molecule has 8 aromatic carbocycles. The average molecular weight is 741 g/mol. The number of ether oxygens (including phenoxy) is 2. The number of anilines is 2. The molecule has 0 fully saturated rings. The van der Waals surface area contributed by atoms with Gasteiger partial charge in [-0.15, -0.1) is 6.42 Å². The Labute approximate surface area is 330 Å². The van der Waals surface area contributed by atoms with Crippen LogP contribution in [0.4, 0.5) is 11.4 Å². The Morgan fingerprint density at radius 2 is 0.930 bits per heavy atom. The molecule has 8 aromatic rings. The van der Waals surface area contributed by atoms with Crippen molar-refractivity contribution in [3.8, 4) is 80.2 Å². The van der Waals surface area contributed by atoms with Crippen molar-refractivity contribution < 1.29 is 19.7 Å². The number of terminal acetylenes is 1. The van der Waals surface area contributed by atoms with Crippen LogP contribution in [0, 0.1) is 12.3 Å². The van der Waals surface area contributed by atoms with E-state index in [0.717, 1.165) is 61.2 Å². The second-order valence-electron chi connectivity index (χ2n) is 14.0. The van der Waals surface area contributed by atoms with E-state index in [1.54, 1.807) is 24.3 Å². The van der Waals surface area contributed by atoms with Gasteiger partial charge in [-0.3, -0.25) is 0 Å². The molecule has 6 N–H and O–H groups in total. The number of phenols is 2. The van der Waals surface area contributed by atoms with Gasteiger partial charge in [0.05, 0.1) is 16.8 Å². The molecule has 0 atom stereocenters. The van der Waals surface area contributed by atoms with Gasteiger partial charge in [-0.2, -0.15) is 0 Å². The maximum atomic E-state index is 10.2. The smallest absolute Gasteiger partial charge is 0.142 e. The highest BCUT2D eigenvalue weighted by atomic mass is 16.5. The van der Waals surface area contributed by atoms with Gasteiger partial charge in [0.2, 0.25) is 0 Å². The maximum Gasteiger partial charge on any atom is 0.142 e. The van der Waals surface area contributed by atoms with E-state index in [4.69, 9.17) is 27.4 Å². The lowest BCUT2D eigenvalue weighted by molar-refractivity contribution is 0.456. The van der Waals surface area contributed by atoms with Crippen molar-refractivity contribution in [2.45, 2.75) is 5.41 Å². The van der Waals surface area contributed by atoms with Gasteiger partial charge in [-0.25, -0.2) is 0 Å². The van der Waals surface area contributed by atoms with E-state index in [-0.39, 0.29) is 22.9 Å². The molecule has 0 saturated carbocycles. The first-order valence-corrected chi connectivity index (χ1v) is 18.5. The molecule has 0 amide bonds. The summed E-state index contributed by atoms with van der Waals surface area (Å²) in [5.74, 6) is 5.15. The molecular formula is C51H36N2O4. The quantitative estimate of drug-likeness (QED) is 0.0701. The maximum absolute atomic E-state index is 10.2. The summed E-state index contributed by atoms with van der Waals surface area (Å²) in [4.78, 5) is 0. The fourth-order valence-corrected chi connectivity index (χ4v) is 8.02. The van der Waals surface area contributed by atoms with Gasteiger partial charge < -0.3 is 31.2 Å². The van der Waals surface area contributed by atoms with E-state index in [0.29, 0.717) is 23.0 Å². The van der Waals surface area contributed by atoms with Crippen LogP contribution in [0.2, 0.25) is 0 Å². The number of fused-ring (bicyclic) bond motifs is 3. The van der Waals surface area contributed by atoms with Crippen molar-refractivity contribution in [3.05, 3.63) is 204 Å². The Balaban J connectivity index is 1.29. The molecule has 6 heteroatoms. The fraction of sp³-hybridized carbons (Fsp3) is 0.0196. The van der Waals surface area contributed by atoms with Crippen molar-refractivity contribution in [1.29, 1.82) is 0 Å². The molecule has 0 spiro atoms. The number of nitrogen functional groups attached to an aromatic ring is 2. The van der Waals surface area contributed by atoms with E-state index in [1.807, 2.05) is 60.7 Å². The Hall–Kier alpha value is -7.88. The van der Waals surface area contributed by atoms with Crippen molar-refractivity contribution in [2.75, 3.05) is 11.5 Å². The Kier molecular flexibility index (Phi) is 8.61. The topological polar surface area (TPSA) is 111 Å². The zero-order chi connectivity index (χ0) is 39.1. The Bertz CT molecular complexity index is 2730. The molecule has 9 rings (SSSR count). The second-order valence-corrected chi connectivity index (χ2v) is 14.0. The van der Waals surface area contributed by atoms with Crippen LogP contribution in [-0.4, -0.2) is 10.2 Å². The van der Waals surface area contributed by atoms with Crippen molar-refractivity contribution >= 4 is 11.4 Å². The molecule has 274 valence electrons. The first kappa shape index (κ1) is 34.9. The Morgan fingerprint density at radius 3 is 1.44 bits per heavy atom. The van der Waals surface area contributed by atoms with E-state index in [2.05, 4.69) is 84.8 Å². The number of hydrogen-bond donors (Lipinski definition) is 4. The molecule has 1 aliphatic rings. The van der Waals surface area contributed by atoms with Gasteiger partial charge in [0.25, 0.3) is 0 Å². The summed E-state index contributed by atoms with van der Waals surface area (Å²) >= 11 is 0. The third kappa shape index (κ3) is 6.05. The molecule has 0 aliphatic heterocycles. The van der Waals surface area contributed by atoms with E-state index in [1.165, 1.54) is 12.1 Å². The highest BCUT2D eigenvalue weighted by Gasteiger charge is 2.48. The third-order valence-electron chi connectivity index (χ3n) is 10.7. The predicted octanol–water partition coefficient (Wildman–Crippen LogP) is 11.5. The predicted molar refractivity (Wildman–Crippen MR) is 228 cm³/mol. The van der Waals surface area contributed by atoms with Gasteiger partial charge in [0.1, 0.15) is 34.5 Å². The largest absolute Gasteiger partial charge is 0.506 e. The minimum Gasteiger partial charge on any atom is -0.506 e. The molecule has 0 aromatic heterocycles. The lowest BCUT2D eigenvalue weighted by atomic mass is 9.65. The van der Waals surface area contributed by atoms with Crippen molar-refractivity contribution in [3.63, 3.8) is 0 Å². The van der Waals surface area contributed by atoms with Gasteiger partial charge in [0.15, 0.2) is 0 Å². The average Bonchev–Trinajstić information content (AvgIpc) is 3.55. The van der Waals surface area contributed by atoms with E-state index < -0.39 is 5.41 Å². The van der Waals surface area contributed by atoms with Gasteiger partial charge >= 0.3 is 0 Å². The minimum absolute atomic E-state index is 0.0480. The fourth-order valence-electron chi connectivity index (χ4n) is 8.02. The summed E-state index contributed by atoms with van der Waals surface area (Å²) in [5, 5.41) is 20.5. The van der Waals surface area contributed by atoms with Crippen LogP contribution in [0.3, 0.4) is 0 Å². The summed E-state index contributed by atoms with van der Waals surface area (Å²) in [6.45, 7) is 0. The second kappa shape index (κ2) is 14.1. The standard InChI is InChI=1S/C51H36N2O4/c1-2-41-42(33-11-7-4-8-12-33)25-26-44-43-24-13-34(32-9-5-3-6-10-32)29-45(43)51(50(41)44,35-14-18-37(19-15-35)56-39-22-27-46(52)48(54)30-39)36-16-20-38(21-17-36)57-40-23-28-47(53)49(55)31-40/h1,3-31,54-55H,52-53H2. The van der Waals surface area contributed by atoms with Crippen LogP contribution in [0.1, 0.15) is 27.8 Å². The number of aromatic hydroxyl groups is 2. The molecule has 0 heterocycles. The molecule has 0 radical (unpaired) electrons. The van der Waals surface area contributed by atoms with Crippen LogP contribution >= 0.6 is 0 Å². The summed E-state index contributed by atoms with van der Waals surface area (Å²) in [6, 6.07) is 57.3. The van der Waals surface area contributed by atoms with Crippen LogP contribution < -0.4 is 20.9 Å². The van der Waals surface area contributed by atoms with Crippen LogP contribution in [0.25, 0.3) is 33.4 Å². The first-order valence-electron chi connectivity index (χ1n) is 18.5. The minimum atomic E-state index is -0.905. The number of hydrogen-bond acceptors (Lipinski definition) is 6. The van der Waals surface area contributed by atoms with Crippen LogP contribution in [-0.2, 0) is 5.41 Å². The van der Waals surface area contributed by atoms with Gasteiger partial charge in [-0.05, 0) is 110 Å². The molecule has 1 aliphatic carbocycles. The number of rotatable bonds is 8. The number of phenolic OH excluding ortho intramolecular Hbond substituents is 2. The van der Waals surface area contributed by atoms with Gasteiger partial charge in [0, 0.05) is 17.7 Å². The molecule has 0 bridgehead atoms. The summed E-state index contributed by atoms with van der Waals surface area (Å²) in [7, 11) is 0. The highest BCUT2D eigenvalue weighted by molar-refractivity contribution is 5.93.